The Bertz CT molecular complexity index is 909. The number of hydrogen-bond donors (Lipinski definition) is 1. The van der Waals surface area contributed by atoms with E-state index in [0.29, 0.717) is 13.1 Å². The van der Waals surface area contributed by atoms with Gasteiger partial charge in [0.05, 0.1) is 23.2 Å². The van der Waals surface area contributed by atoms with E-state index in [1.807, 2.05) is 73.3 Å². The number of rotatable bonds is 2. The predicted octanol–water partition coefficient (Wildman–Crippen LogP) is 3.67. The number of urea groups is 1. The zero-order valence-electron chi connectivity index (χ0n) is 14.9. The highest BCUT2D eigenvalue weighted by atomic mass is 16.5. The number of para-hydroxylation sites is 2. The highest BCUT2D eigenvalue weighted by molar-refractivity contribution is 5.89. The van der Waals surface area contributed by atoms with E-state index in [4.69, 9.17) is 4.74 Å². The molecule has 1 N–H and O–H groups in total. The smallest absolute Gasteiger partial charge is 0.322 e. The molecule has 6 heteroatoms. The van der Waals surface area contributed by atoms with E-state index >= 15 is 0 Å². The summed E-state index contributed by atoms with van der Waals surface area (Å²) < 4.78 is 7.71. The van der Waals surface area contributed by atoms with Crippen molar-refractivity contribution in [2.45, 2.75) is 26.1 Å². The van der Waals surface area contributed by atoms with Crippen LogP contribution in [0.1, 0.15) is 13.8 Å². The minimum atomic E-state index is -0.0900. The number of aromatic nitrogens is 2. The van der Waals surface area contributed by atoms with E-state index in [-0.39, 0.29) is 18.2 Å². The maximum absolute atomic E-state index is 12.5. The van der Waals surface area contributed by atoms with Crippen molar-refractivity contribution >= 4 is 22.8 Å². The van der Waals surface area contributed by atoms with Gasteiger partial charge in [-0.1, -0.05) is 12.1 Å². The normalized spacial score (nSPS) is 20.3. The molecule has 1 aliphatic rings. The predicted molar refractivity (Wildman–Crippen MR) is 102 cm³/mol. The van der Waals surface area contributed by atoms with Crippen LogP contribution in [0.2, 0.25) is 0 Å². The first kappa shape index (κ1) is 16.6. The van der Waals surface area contributed by atoms with Crippen molar-refractivity contribution in [3.05, 3.63) is 54.9 Å². The van der Waals surface area contributed by atoms with Crippen LogP contribution in [-0.2, 0) is 4.74 Å². The lowest BCUT2D eigenvalue weighted by Gasteiger charge is -2.35. The van der Waals surface area contributed by atoms with Gasteiger partial charge in [-0.05, 0) is 50.2 Å². The zero-order chi connectivity index (χ0) is 18.1. The van der Waals surface area contributed by atoms with Crippen LogP contribution in [0.3, 0.4) is 0 Å². The topological polar surface area (TPSA) is 59.4 Å². The van der Waals surface area contributed by atoms with E-state index in [2.05, 4.69) is 10.3 Å². The summed E-state index contributed by atoms with van der Waals surface area (Å²) in [5.74, 6) is 0. The highest BCUT2D eigenvalue weighted by Crippen LogP contribution is 2.20. The lowest BCUT2D eigenvalue weighted by atomic mass is 10.2. The zero-order valence-corrected chi connectivity index (χ0v) is 14.9. The number of fused-ring (bicyclic) bond motifs is 1. The number of carbonyl (C=O) groups is 1. The Morgan fingerprint density at radius 2 is 1.77 bits per heavy atom. The van der Waals surface area contributed by atoms with Gasteiger partial charge in [0.25, 0.3) is 0 Å². The van der Waals surface area contributed by atoms with E-state index < -0.39 is 0 Å². The number of amides is 2. The van der Waals surface area contributed by atoms with Crippen molar-refractivity contribution < 1.29 is 9.53 Å². The Morgan fingerprint density at radius 1 is 1.08 bits per heavy atom. The minimum Gasteiger partial charge on any atom is -0.372 e. The number of benzene rings is 2. The summed E-state index contributed by atoms with van der Waals surface area (Å²) in [5.41, 5.74) is 3.79. The number of carbonyl (C=O) groups excluding carboxylic acids is 1. The molecular weight excluding hydrogens is 328 g/mol. The SMILES string of the molecule is C[C@@H]1CN(C(=O)Nc2ccc(-n3cnc4ccccc43)cc2)C[C@H](C)O1. The second-order valence-corrected chi connectivity index (χ2v) is 6.74. The molecule has 2 amide bonds. The van der Waals surface area contributed by atoms with E-state index in [9.17, 15) is 4.79 Å². The van der Waals surface area contributed by atoms with Gasteiger partial charge in [0.2, 0.25) is 0 Å². The van der Waals surface area contributed by atoms with E-state index in [0.717, 1.165) is 22.4 Å². The summed E-state index contributed by atoms with van der Waals surface area (Å²) >= 11 is 0. The first-order chi connectivity index (χ1) is 12.6. The molecule has 2 atom stereocenters. The maximum atomic E-state index is 12.5. The Labute approximate surface area is 152 Å². The molecule has 134 valence electrons. The quantitative estimate of drug-likeness (QED) is 0.767. The van der Waals surface area contributed by atoms with Gasteiger partial charge >= 0.3 is 6.03 Å². The van der Waals surface area contributed by atoms with Crippen LogP contribution in [0.4, 0.5) is 10.5 Å². The molecule has 0 spiro atoms. The van der Waals surface area contributed by atoms with Crippen LogP contribution in [0, 0.1) is 0 Å². The first-order valence-electron chi connectivity index (χ1n) is 8.84. The lowest BCUT2D eigenvalue weighted by Crippen LogP contribution is -2.49. The van der Waals surface area contributed by atoms with Gasteiger partial charge in [0.15, 0.2) is 0 Å². The summed E-state index contributed by atoms with van der Waals surface area (Å²) in [7, 11) is 0. The number of imidazole rings is 1. The molecule has 1 aliphatic heterocycles. The number of ether oxygens (including phenoxy) is 1. The second-order valence-electron chi connectivity index (χ2n) is 6.74. The molecule has 1 saturated heterocycles. The average molecular weight is 350 g/mol. The summed E-state index contributed by atoms with van der Waals surface area (Å²) in [6.45, 7) is 5.19. The van der Waals surface area contributed by atoms with Crippen LogP contribution in [0.5, 0.6) is 0 Å². The monoisotopic (exact) mass is 350 g/mol. The van der Waals surface area contributed by atoms with Crippen LogP contribution >= 0.6 is 0 Å². The average Bonchev–Trinajstić information content (AvgIpc) is 3.06. The van der Waals surface area contributed by atoms with Crippen LogP contribution in [0.25, 0.3) is 16.7 Å². The van der Waals surface area contributed by atoms with Crippen LogP contribution in [-0.4, -0.2) is 45.8 Å². The van der Waals surface area contributed by atoms with E-state index in [1.165, 1.54) is 0 Å². The van der Waals surface area contributed by atoms with Crippen molar-refractivity contribution in [1.82, 2.24) is 14.5 Å². The van der Waals surface area contributed by atoms with E-state index in [1.54, 1.807) is 4.90 Å². The number of morpholine rings is 1. The van der Waals surface area contributed by atoms with Gasteiger partial charge in [0.1, 0.15) is 6.33 Å². The number of anilines is 1. The fourth-order valence-electron chi connectivity index (χ4n) is 3.42. The third kappa shape index (κ3) is 3.28. The van der Waals surface area contributed by atoms with Crippen molar-refractivity contribution in [2.24, 2.45) is 0 Å². The molecule has 0 bridgehead atoms. The van der Waals surface area contributed by atoms with Gasteiger partial charge < -0.3 is 15.0 Å². The molecule has 1 aromatic heterocycles. The molecule has 2 heterocycles. The van der Waals surface area contributed by atoms with Gasteiger partial charge in [-0.3, -0.25) is 4.57 Å². The number of nitrogens with one attached hydrogen (secondary N) is 1. The summed E-state index contributed by atoms with van der Waals surface area (Å²) in [6, 6.07) is 15.7. The summed E-state index contributed by atoms with van der Waals surface area (Å²) in [5, 5.41) is 2.97. The lowest BCUT2D eigenvalue weighted by molar-refractivity contribution is -0.0530. The van der Waals surface area contributed by atoms with Crippen molar-refractivity contribution in [2.75, 3.05) is 18.4 Å². The van der Waals surface area contributed by atoms with Crippen LogP contribution in [0.15, 0.2) is 54.9 Å². The molecule has 0 unspecified atom stereocenters. The molecule has 6 nitrogen and oxygen atoms in total. The van der Waals surface area contributed by atoms with Gasteiger partial charge in [-0.15, -0.1) is 0 Å². The third-order valence-electron chi connectivity index (χ3n) is 4.56. The number of nitrogens with zero attached hydrogens (tertiary/aromatic N) is 3. The van der Waals surface area contributed by atoms with Crippen molar-refractivity contribution in [3.63, 3.8) is 0 Å². The molecular formula is C20H22N4O2. The van der Waals surface area contributed by atoms with Gasteiger partial charge in [0, 0.05) is 24.5 Å². The Morgan fingerprint density at radius 3 is 2.50 bits per heavy atom. The fraction of sp³-hybridized carbons (Fsp3) is 0.300. The van der Waals surface area contributed by atoms with Crippen LogP contribution < -0.4 is 5.32 Å². The third-order valence-corrected chi connectivity index (χ3v) is 4.56. The number of hydrogen-bond acceptors (Lipinski definition) is 3. The molecule has 4 rings (SSSR count). The standard InChI is InChI=1S/C20H22N4O2/c1-14-11-23(12-15(2)26-14)20(25)22-16-7-9-17(10-8-16)24-13-21-18-5-3-4-6-19(18)24/h3-10,13-15H,11-12H2,1-2H3,(H,22,25)/t14-,15+. The summed E-state index contributed by atoms with van der Waals surface area (Å²) in [6.07, 6.45) is 1.93. The largest absolute Gasteiger partial charge is 0.372 e. The molecule has 0 saturated carbocycles. The molecule has 0 radical (unpaired) electrons. The Balaban J connectivity index is 1.49. The fourth-order valence-corrected chi connectivity index (χ4v) is 3.42. The Kier molecular flexibility index (Phi) is 4.34. The Hall–Kier alpha value is -2.86. The van der Waals surface area contributed by atoms with Crippen molar-refractivity contribution in [3.8, 4) is 5.69 Å². The second kappa shape index (κ2) is 6.80. The highest BCUT2D eigenvalue weighted by Gasteiger charge is 2.25. The van der Waals surface area contributed by atoms with Gasteiger partial charge in [-0.25, -0.2) is 9.78 Å². The summed E-state index contributed by atoms with van der Waals surface area (Å²) in [4.78, 5) is 18.7. The molecule has 0 aliphatic carbocycles. The molecule has 3 aromatic rings. The van der Waals surface area contributed by atoms with Gasteiger partial charge in [-0.2, -0.15) is 0 Å². The van der Waals surface area contributed by atoms with Crippen molar-refractivity contribution in [1.29, 1.82) is 0 Å². The minimum absolute atomic E-state index is 0.0569. The maximum Gasteiger partial charge on any atom is 0.322 e. The molecule has 26 heavy (non-hydrogen) atoms. The molecule has 1 fully saturated rings. The first-order valence-corrected chi connectivity index (χ1v) is 8.84. The molecule has 2 aromatic carbocycles.